The average Bonchev–Trinajstić information content (AvgIpc) is 2.68. The maximum Gasteiger partial charge on any atom is 0.227 e. The van der Waals surface area contributed by atoms with Crippen LogP contribution in [0.25, 0.3) is 0 Å². The van der Waals surface area contributed by atoms with Gasteiger partial charge in [0.15, 0.2) is 0 Å². The molecule has 3 heterocycles. The van der Waals surface area contributed by atoms with Gasteiger partial charge in [0.2, 0.25) is 5.91 Å². The maximum atomic E-state index is 13.3. The van der Waals surface area contributed by atoms with Gasteiger partial charge in [-0.05, 0) is 43.6 Å². The molecule has 0 atom stereocenters. The monoisotopic (exact) mass is 354 g/mol. The fraction of sp³-hybridized carbons (Fsp3) is 0.450. The largest absolute Gasteiger partial charge is 0.338 e. The fourth-order valence-corrected chi connectivity index (χ4v) is 3.75. The molecule has 0 radical (unpaired) electrons. The molecule has 2 aromatic rings. The van der Waals surface area contributed by atoms with Gasteiger partial charge >= 0.3 is 0 Å². The van der Waals surface area contributed by atoms with Crippen molar-refractivity contribution in [1.82, 2.24) is 20.2 Å². The summed E-state index contributed by atoms with van der Waals surface area (Å²) in [5.74, 6) is 1.10. The van der Waals surface area contributed by atoms with E-state index in [1.54, 1.807) is 12.1 Å². The second-order valence-electron chi connectivity index (χ2n) is 7.10. The lowest BCUT2D eigenvalue weighted by molar-refractivity contribution is -0.131. The van der Waals surface area contributed by atoms with Crippen molar-refractivity contribution < 1.29 is 9.18 Å². The molecule has 0 spiro atoms. The molecule has 1 N–H and O–H groups in total. The van der Waals surface area contributed by atoms with Crippen LogP contribution in [0, 0.1) is 5.82 Å². The normalized spacial score (nSPS) is 17.8. The van der Waals surface area contributed by atoms with Crippen LogP contribution in [0.3, 0.4) is 0 Å². The molecule has 5 nitrogen and oxygen atoms in total. The Labute approximate surface area is 152 Å². The van der Waals surface area contributed by atoms with Gasteiger partial charge < -0.3 is 10.2 Å². The van der Waals surface area contributed by atoms with Crippen LogP contribution in [0.2, 0.25) is 0 Å². The molecule has 136 valence electrons. The number of aromatic nitrogens is 2. The Bertz CT molecular complexity index is 804. The quantitative estimate of drug-likeness (QED) is 0.918. The van der Waals surface area contributed by atoms with Crippen molar-refractivity contribution in [1.29, 1.82) is 0 Å². The number of nitrogens with zero attached hydrogens (tertiary/aromatic N) is 3. The molecule has 4 rings (SSSR count). The standard InChI is InChI=1S/C20H23FN4O/c21-17-3-1-2-14(10-17)11-19(26)25-9-6-18-16(13-25)12-23-20(24-18)15-4-7-22-8-5-15/h1-3,10,12,15,22H,4-9,11,13H2. The fourth-order valence-electron chi connectivity index (χ4n) is 3.75. The topological polar surface area (TPSA) is 58.1 Å². The molecule has 6 heteroatoms. The van der Waals surface area contributed by atoms with Crippen molar-refractivity contribution in [3.63, 3.8) is 0 Å². The van der Waals surface area contributed by atoms with Gasteiger partial charge in [0.1, 0.15) is 11.6 Å². The van der Waals surface area contributed by atoms with Gasteiger partial charge in [-0.2, -0.15) is 0 Å². The summed E-state index contributed by atoms with van der Waals surface area (Å²) in [5.41, 5.74) is 2.81. The second kappa shape index (κ2) is 7.50. The van der Waals surface area contributed by atoms with E-state index in [4.69, 9.17) is 4.98 Å². The first-order chi connectivity index (χ1) is 12.7. The van der Waals surface area contributed by atoms with Gasteiger partial charge in [0, 0.05) is 37.2 Å². The van der Waals surface area contributed by atoms with Crippen molar-refractivity contribution in [3.8, 4) is 0 Å². The van der Waals surface area contributed by atoms with Gasteiger partial charge in [-0.25, -0.2) is 14.4 Å². The number of halogens is 1. The summed E-state index contributed by atoms with van der Waals surface area (Å²) in [4.78, 5) is 23.8. The highest BCUT2D eigenvalue weighted by Crippen LogP contribution is 2.25. The lowest BCUT2D eigenvalue weighted by Crippen LogP contribution is -2.37. The first-order valence-corrected chi connectivity index (χ1v) is 9.26. The third-order valence-electron chi connectivity index (χ3n) is 5.25. The number of rotatable bonds is 3. The van der Waals surface area contributed by atoms with Crippen LogP contribution < -0.4 is 5.32 Å². The molecule has 1 aromatic heterocycles. The zero-order valence-electron chi connectivity index (χ0n) is 14.7. The minimum Gasteiger partial charge on any atom is -0.338 e. The first kappa shape index (κ1) is 17.1. The Kier molecular flexibility index (Phi) is 4.93. The van der Waals surface area contributed by atoms with E-state index in [-0.39, 0.29) is 18.1 Å². The number of amides is 1. The summed E-state index contributed by atoms with van der Waals surface area (Å²) in [6.45, 7) is 3.24. The number of piperidine rings is 1. The van der Waals surface area contributed by atoms with E-state index in [0.717, 1.165) is 49.4 Å². The Hall–Kier alpha value is -2.34. The molecule has 0 saturated carbocycles. The molecule has 1 aromatic carbocycles. The van der Waals surface area contributed by atoms with Crippen molar-refractivity contribution in [3.05, 3.63) is 58.9 Å². The molecule has 26 heavy (non-hydrogen) atoms. The molecular formula is C20H23FN4O. The number of hydrogen-bond donors (Lipinski definition) is 1. The molecule has 1 saturated heterocycles. The second-order valence-corrected chi connectivity index (χ2v) is 7.10. The van der Waals surface area contributed by atoms with Gasteiger partial charge in [0.05, 0.1) is 12.1 Å². The zero-order chi connectivity index (χ0) is 17.9. The molecule has 0 aliphatic carbocycles. The van der Waals surface area contributed by atoms with E-state index in [2.05, 4.69) is 10.3 Å². The number of fused-ring (bicyclic) bond motifs is 1. The highest BCUT2D eigenvalue weighted by molar-refractivity contribution is 5.79. The maximum absolute atomic E-state index is 13.3. The Balaban J connectivity index is 1.43. The van der Waals surface area contributed by atoms with Gasteiger partial charge in [-0.15, -0.1) is 0 Å². The smallest absolute Gasteiger partial charge is 0.227 e. The minimum absolute atomic E-state index is 0.0173. The zero-order valence-corrected chi connectivity index (χ0v) is 14.7. The number of nitrogens with one attached hydrogen (secondary N) is 1. The summed E-state index contributed by atoms with van der Waals surface area (Å²) in [6, 6.07) is 6.24. The van der Waals surface area contributed by atoms with Crippen LogP contribution in [0.4, 0.5) is 4.39 Å². The summed E-state index contributed by atoms with van der Waals surface area (Å²) < 4.78 is 13.3. The third kappa shape index (κ3) is 3.75. The Morgan fingerprint density at radius 2 is 2.15 bits per heavy atom. The summed E-state index contributed by atoms with van der Waals surface area (Å²) in [7, 11) is 0. The molecule has 0 unspecified atom stereocenters. The van der Waals surface area contributed by atoms with E-state index in [1.165, 1.54) is 12.1 Å². The molecule has 1 fully saturated rings. The van der Waals surface area contributed by atoms with Crippen molar-refractivity contribution in [2.75, 3.05) is 19.6 Å². The lowest BCUT2D eigenvalue weighted by Gasteiger charge is -2.29. The Morgan fingerprint density at radius 3 is 2.96 bits per heavy atom. The number of carbonyl (C=O) groups excluding carboxylic acids is 1. The first-order valence-electron chi connectivity index (χ1n) is 9.26. The summed E-state index contributed by atoms with van der Waals surface area (Å²) >= 11 is 0. The van der Waals surface area contributed by atoms with Gasteiger partial charge in [-0.1, -0.05) is 12.1 Å². The van der Waals surface area contributed by atoms with Crippen molar-refractivity contribution in [2.24, 2.45) is 0 Å². The number of carbonyl (C=O) groups is 1. The van der Waals surface area contributed by atoms with Crippen LogP contribution in [0.15, 0.2) is 30.5 Å². The van der Waals surface area contributed by atoms with Crippen LogP contribution in [-0.2, 0) is 24.2 Å². The van der Waals surface area contributed by atoms with E-state index < -0.39 is 0 Å². The molecular weight excluding hydrogens is 331 g/mol. The highest BCUT2D eigenvalue weighted by Gasteiger charge is 2.24. The molecule has 0 bridgehead atoms. The van der Waals surface area contributed by atoms with Crippen LogP contribution in [-0.4, -0.2) is 40.4 Å². The molecule has 2 aliphatic rings. The van der Waals surface area contributed by atoms with Crippen LogP contribution in [0.5, 0.6) is 0 Å². The van der Waals surface area contributed by atoms with E-state index in [0.29, 0.717) is 24.6 Å². The predicted molar refractivity (Wildman–Crippen MR) is 96.1 cm³/mol. The highest BCUT2D eigenvalue weighted by atomic mass is 19.1. The minimum atomic E-state index is -0.307. The van der Waals surface area contributed by atoms with Crippen LogP contribution in [0.1, 0.15) is 41.4 Å². The van der Waals surface area contributed by atoms with E-state index >= 15 is 0 Å². The van der Waals surface area contributed by atoms with E-state index in [1.807, 2.05) is 11.1 Å². The van der Waals surface area contributed by atoms with Crippen molar-refractivity contribution in [2.45, 2.75) is 38.1 Å². The molecule has 1 amide bonds. The van der Waals surface area contributed by atoms with E-state index in [9.17, 15) is 9.18 Å². The van der Waals surface area contributed by atoms with Crippen LogP contribution >= 0.6 is 0 Å². The summed E-state index contributed by atoms with van der Waals surface area (Å²) in [6.07, 6.45) is 5.03. The van der Waals surface area contributed by atoms with Gasteiger partial charge in [0.25, 0.3) is 0 Å². The lowest BCUT2D eigenvalue weighted by atomic mass is 9.96. The number of hydrogen-bond acceptors (Lipinski definition) is 4. The average molecular weight is 354 g/mol. The van der Waals surface area contributed by atoms with Crippen molar-refractivity contribution >= 4 is 5.91 Å². The van der Waals surface area contributed by atoms with Gasteiger partial charge in [-0.3, -0.25) is 4.79 Å². The Morgan fingerprint density at radius 1 is 1.31 bits per heavy atom. The molecule has 2 aliphatic heterocycles. The number of benzene rings is 1. The SMILES string of the molecule is O=C(Cc1cccc(F)c1)N1CCc2nc(C3CCNCC3)ncc2C1. The third-order valence-corrected chi connectivity index (χ3v) is 5.25. The predicted octanol–water partition coefficient (Wildman–Crippen LogP) is 2.21. The summed E-state index contributed by atoms with van der Waals surface area (Å²) in [5, 5.41) is 3.37.